The second-order valence-electron chi connectivity index (χ2n) is 6.80. The van der Waals surface area contributed by atoms with Crippen molar-refractivity contribution in [3.05, 3.63) is 53.1 Å². The van der Waals surface area contributed by atoms with Crippen molar-refractivity contribution < 1.29 is 27.8 Å². The van der Waals surface area contributed by atoms with Gasteiger partial charge in [-0.15, -0.1) is 24.0 Å². The standard InChI is InChI=1S/C22H26F2N4O4.HI/c1-3-25-20(29)15-7-5-14(6-8-15)11-27-22(26-4-2)28-12-16-9-18-19(31-13-30-18)10-17(16)32-21(23)24;/h5-10,21H,3-4,11-13H2,1-2H3,(H,25,29)(H2,26,27,28);1H. The zero-order valence-corrected chi connectivity index (χ0v) is 20.7. The minimum atomic E-state index is -2.96. The van der Waals surface area contributed by atoms with E-state index in [1.807, 2.05) is 26.0 Å². The average Bonchev–Trinajstić information content (AvgIpc) is 3.23. The van der Waals surface area contributed by atoms with Gasteiger partial charge in [-0.25, -0.2) is 4.99 Å². The first-order chi connectivity index (χ1) is 15.5. The fourth-order valence-electron chi connectivity index (χ4n) is 3.02. The molecule has 0 spiro atoms. The van der Waals surface area contributed by atoms with Gasteiger partial charge in [0.1, 0.15) is 5.75 Å². The van der Waals surface area contributed by atoms with Crippen LogP contribution in [-0.4, -0.2) is 38.4 Å². The van der Waals surface area contributed by atoms with Crippen LogP contribution in [0.4, 0.5) is 8.78 Å². The smallest absolute Gasteiger partial charge is 0.387 e. The van der Waals surface area contributed by atoms with Crippen molar-refractivity contribution >= 4 is 35.8 Å². The van der Waals surface area contributed by atoms with Crippen LogP contribution in [0.25, 0.3) is 0 Å². The lowest BCUT2D eigenvalue weighted by Crippen LogP contribution is -2.36. The molecule has 8 nitrogen and oxygen atoms in total. The average molecular weight is 576 g/mol. The lowest BCUT2D eigenvalue weighted by atomic mass is 10.1. The molecule has 0 bridgehead atoms. The van der Waals surface area contributed by atoms with E-state index in [9.17, 15) is 13.6 Å². The van der Waals surface area contributed by atoms with Gasteiger partial charge in [-0.3, -0.25) is 4.79 Å². The summed E-state index contributed by atoms with van der Waals surface area (Å²) in [5.74, 6) is 1.22. The number of fused-ring (bicyclic) bond motifs is 1. The molecule has 3 N–H and O–H groups in total. The quantitative estimate of drug-likeness (QED) is 0.240. The zero-order valence-electron chi connectivity index (χ0n) is 18.3. The van der Waals surface area contributed by atoms with Gasteiger partial charge in [-0.1, -0.05) is 12.1 Å². The number of benzene rings is 2. The summed E-state index contributed by atoms with van der Waals surface area (Å²) in [6.45, 7) is 2.58. The van der Waals surface area contributed by atoms with Crippen LogP contribution in [0.2, 0.25) is 0 Å². The third-order valence-corrected chi connectivity index (χ3v) is 4.54. The van der Waals surface area contributed by atoms with Crippen LogP contribution in [0.15, 0.2) is 41.4 Å². The Hall–Kier alpha value is -2.83. The summed E-state index contributed by atoms with van der Waals surface area (Å²) >= 11 is 0. The Balaban J connectivity index is 0.00000385. The number of rotatable bonds is 9. The Morgan fingerprint density at radius 1 is 1.06 bits per heavy atom. The molecule has 11 heteroatoms. The first-order valence-electron chi connectivity index (χ1n) is 10.3. The molecule has 1 heterocycles. The number of carbonyl (C=O) groups excluding carboxylic acids is 1. The fraction of sp³-hybridized carbons (Fsp3) is 0.364. The van der Waals surface area contributed by atoms with Crippen molar-refractivity contribution in [2.45, 2.75) is 33.5 Å². The fourth-order valence-corrected chi connectivity index (χ4v) is 3.02. The molecule has 1 aliphatic rings. The summed E-state index contributed by atoms with van der Waals surface area (Å²) in [6.07, 6.45) is 0. The number of nitrogens with zero attached hydrogens (tertiary/aromatic N) is 1. The number of ether oxygens (including phenoxy) is 3. The zero-order chi connectivity index (χ0) is 22.9. The predicted molar refractivity (Wildman–Crippen MR) is 131 cm³/mol. The highest BCUT2D eigenvalue weighted by molar-refractivity contribution is 14.0. The molecule has 3 rings (SSSR count). The van der Waals surface area contributed by atoms with Crippen LogP contribution in [0.1, 0.15) is 35.3 Å². The Morgan fingerprint density at radius 2 is 1.73 bits per heavy atom. The van der Waals surface area contributed by atoms with Gasteiger partial charge in [-0.05, 0) is 37.6 Å². The predicted octanol–water partition coefficient (Wildman–Crippen LogP) is 3.64. The molecular weight excluding hydrogens is 549 g/mol. The summed E-state index contributed by atoms with van der Waals surface area (Å²) in [7, 11) is 0. The first kappa shape index (κ1) is 26.4. The van der Waals surface area contributed by atoms with Gasteiger partial charge in [0, 0.05) is 36.8 Å². The minimum Gasteiger partial charge on any atom is -0.454 e. The largest absolute Gasteiger partial charge is 0.454 e. The molecule has 2 aromatic rings. The second kappa shape index (κ2) is 13.0. The maximum Gasteiger partial charge on any atom is 0.387 e. The van der Waals surface area contributed by atoms with Crippen LogP contribution < -0.4 is 30.2 Å². The normalized spacial score (nSPS) is 12.2. The SMILES string of the molecule is CCNC(=O)c1ccc(CN=C(NCC)NCc2cc3c(cc2OC(F)F)OCO3)cc1.I. The number of nitrogens with one attached hydrogen (secondary N) is 3. The number of hydrogen-bond donors (Lipinski definition) is 3. The van der Waals surface area contributed by atoms with E-state index in [2.05, 4.69) is 25.7 Å². The number of alkyl halides is 2. The molecule has 0 saturated heterocycles. The molecule has 0 saturated carbocycles. The molecule has 1 aliphatic heterocycles. The van der Waals surface area contributed by atoms with Gasteiger partial charge in [0.15, 0.2) is 17.5 Å². The van der Waals surface area contributed by atoms with Crippen molar-refractivity contribution in [2.75, 3.05) is 19.9 Å². The van der Waals surface area contributed by atoms with Crippen LogP contribution in [0, 0.1) is 0 Å². The van der Waals surface area contributed by atoms with E-state index in [1.165, 1.54) is 6.07 Å². The van der Waals surface area contributed by atoms with Gasteiger partial charge in [0.25, 0.3) is 5.91 Å². The lowest BCUT2D eigenvalue weighted by molar-refractivity contribution is -0.0505. The molecule has 2 aromatic carbocycles. The molecule has 0 unspecified atom stereocenters. The van der Waals surface area contributed by atoms with Crippen molar-refractivity contribution in [1.29, 1.82) is 0 Å². The third-order valence-electron chi connectivity index (χ3n) is 4.54. The van der Waals surface area contributed by atoms with Crippen LogP contribution in [-0.2, 0) is 13.1 Å². The topological polar surface area (TPSA) is 93.2 Å². The number of halogens is 3. The van der Waals surface area contributed by atoms with Crippen molar-refractivity contribution in [3.8, 4) is 17.2 Å². The highest BCUT2D eigenvalue weighted by Crippen LogP contribution is 2.38. The van der Waals surface area contributed by atoms with Crippen molar-refractivity contribution in [2.24, 2.45) is 4.99 Å². The van der Waals surface area contributed by atoms with Crippen molar-refractivity contribution in [3.63, 3.8) is 0 Å². The molecule has 0 radical (unpaired) electrons. The number of amides is 1. The molecule has 0 atom stereocenters. The Kier molecular flexibility index (Phi) is 10.4. The summed E-state index contributed by atoms with van der Waals surface area (Å²) in [6, 6.07) is 10.2. The number of hydrogen-bond acceptors (Lipinski definition) is 5. The van der Waals surface area contributed by atoms with Crippen LogP contribution in [0.3, 0.4) is 0 Å². The minimum absolute atomic E-state index is 0. The monoisotopic (exact) mass is 576 g/mol. The van der Waals surface area contributed by atoms with Gasteiger partial charge >= 0.3 is 6.61 Å². The van der Waals surface area contributed by atoms with E-state index in [0.717, 1.165) is 5.56 Å². The summed E-state index contributed by atoms with van der Waals surface area (Å²) < 4.78 is 40.9. The number of guanidine groups is 1. The van der Waals surface area contributed by atoms with Crippen molar-refractivity contribution in [1.82, 2.24) is 16.0 Å². The van der Waals surface area contributed by atoms with Gasteiger partial charge in [0.05, 0.1) is 6.54 Å². The second-order valence-corrected chi connectivity index (χ2v) is 6.80. The number of carbonyl (C=O) groups is 1. The molecule has 0 aliphatic carbocycles. The van der Waals surface area contributed by atoms with E-state index in [1.54, 1.807) is 18.2 Å². The molecule has 1 amide bonds. The van der Waals surface area contributed by atoms with E-state index >= 15 is 0 Å². The summed E-state index contributed by atoms with van der Waals surface area (Å²) in [4.78, 5) is 16.4. The van der Waals surface area contributed by atoms with Crippen LogP contribution in [0.5, 0.6) is 17.2 Å². The molecule has 0 aromatic heterocycles. The van der Waals surface area contributed by atoms with Gasteiger partial charge < -0.3 is 30.2 Å². The van der Waals surface area contributed by atoms with E-state index < -0.39 is 6.61 Å². The van der Waals surface area contributed by atoms with Gasteiger partial charge in [0.2, 0.25) is 6.79 Å². The Bertz CT molecular complexity index is 958. The maximum absolute atomic E-state index is 12.8. The molecule has 0 fully saturated rings. The molecule has 33 heavy (non-hydrogen) atoms. The number of aliphatic imine (C=N–C) groups is 1. The summed E-state index contributed by atoms with van der Waals surface area (Å²) in [5.41, 5.74) is 1.98. The van der Waals surface area contributed by atoms with E-state index in [0.29, 0.717) is 48.2 Å². The van der Waals surface area contributed by atoms with Crippen LogP contribution >= 0.6 is 24.0 Å². The first-order valence-corrected chi connectivity index (χ1v) is 10.3. The Labute approximate surface area is 208 Å². The third kappa shape index (κ3) is 7.62. The lowest BCUT2D eigenvalue weighted by Gasteiger charge is -2.15. The van der Waals surface area contributed by atoms with E-state index in [-0.39, 0.29) is 49.0 Å². The highest BCUT2D eigenvalue weighted by Gasteiger charge is 2.20. The molecule has 180 valence electrons. The van der Waals surface area contributed by atoms with E-state index in [4.69, 9.17) is 9.47 Å². The molecular formula is C22H27F2IN4O4. The highest BCUT2D eigenvalue weighted by atomic mass is 127. The maximum atomic E-state index is 12.8. The Morgan fingerprint density at radius 3 is 2.36 bits per heavy atom. The summed E-state index contributed by atoms with van der Waals surface area (Å²) in [5, 5.41) is 8.98. The van der Waals surface area contributed by atoms with Gasteiger partial charge in [-0.2, -0.15) is 8.78 Å².